The zero-order chi connectivity index (χ0) is 10.1. The molecule has 1 heterocycles. The molecule has 2 aliphatic rings. The summed E-state index contributed by atoms with van der Waals surface area (Å²) in [7, 11) is 0. The number of carbonyl (C=O) groups is 1. The second-order valence-electron chi connectivity index (χ2n) is 5.20. The molecule has 2 fully saturated rings. The van der Waals surface area contributed by atoms with Crippen molar-refractivity contribution in [3.63, 3.8) is 0 Å². The van der Waals surface area contributed by atoms with Gasteiger partial charge in [-0.05, 0) is 24.7 Å². The quantitative estimate of drug-likeness (QED) is 0.628. The maximum Gasteiger partial charge on any atom is 0.225 e. The molecule has 1 aliphatic carbocycles. The van der Waals surface area contributed by atoms with Gasteiger partial charge in [0.1, 0.15) is 0 Å². The van der Waals surface area contributed by atoms with Gasteiger partial charge in [0.15, 0.2) is 0 Å². The van der Waals surface area contributed by atoms with Crippen molar-refractivity contribution in [3.8, 4) is 0 Å². The van der Waals surface area contributed by atoms with Gasteiger partial charge in [-0.25, -0.2) is 0 Å². The number of rotatable bonds is 1. The van der Waals surface area contributed by atoms with Crippen LogP contribution in [0, 0.1) is 17.8 Å². The fourth-order valence-corrected chi connectivity index (χ4v) is 2.95. The maximum atomic E-state index is 11.8. The molecule has 0 aromatic rings. The lowest BCUT2D eigenvalue weighted by molar-refractivity contribution is -0.133. The van der Waals surface area contributed by atoms with Crippen molar-refractivity contribution in [3.05, 3.63) is 0 Å². The second-order valence-corrected chi connectivity index (χ2v) is 5.20. The first-order valence-electron chi connectivity index (χ1n) is 5.97. The molecule has 0 radical (unpaired) electrons. The Morgan fingerprint density at radius 2 is 1.64 bits per heavy atom. The molecule has 0 aromatic heterocycles. The van der Waals surface area contributed by atoms with Gasteiger partial charge in [0.25, 0.3) is 0 Å². The van der Waals surface area contributed by atoms with E-state index in [1.54, 1.807) is 0 Å². The van der Waals surface area contributed by atoms with E-state index < -0.39 is 0 Å². The largest absolute Gasteiger partial charge is 0.342 e. The van der Waals surface area contributed by atoms with Crippen LogP contribution in [0.3, 0.4) is 0 Å². The molecule has 1 aliphatic heterocycles. The smallest absolute Gasteiger partial charge is 0.225 e. The SMILES string of the molecule is CC(C)C(=O)N1CC2CCCCC2C1. The van der Waals surface area contributed by atoms with Gasteiger partial charge in [-0.15, -0.1) is 0 Å². The van der Waals surface area contributed by atoms with Crippen LogP contribution < -0.4 is 0 Å². The number of nitrogens with zero attached hydrogens (tertiary/aromatic N) is 1. The minimum absolute atomic E-state index is 0.176. The Balaban J connectivity index is 1.95. The Morgan fingerprint density at radius 3 is 2.07 bits per heavy atom. The number of hydrogen-bond acceptors (Lipinski definition) is 1. The van der Waals surface area contributed by atoms with E-state index in [1.165, 1.54) is 25.7 Å². The monoisotopic (exact) mass is 195 g/mol. The molecule has 2 heteroatoms. The van der Waals surface area contributed by atoms with Gasteiger partial charge in [0.2, 0.25) is 5.91 Å². The predicted octanol–water partition coefficient (Wildman–Crippen LogP) is 2.29. The third kappa shape index (κ3) is 1.79. The zero-order valence-corrected chi connectivity index (χ0v) is 9.33. The Kier molecular flexibility index (Phi) is 2.80. The number of hydrogen-bond donors (Lipinski definition) is 0. The van der Waals surface area contributed by atoms with E-state index in [2.05, 4.69) is 4.90 Å². The average Bonchev–Trinajstić information content (AvgIpc) is 2.59. The van der Waals surface area contributed by atoms with Gasteiger partial charge in [0, 0.05) is 19.0 Å². The number of carbonyl (C=O) groups excluding carboxylic acids is 1. The summed E-state index contributed by atoms with van der Waals surface area (Å²) in [6, 6.07) is 0. The molecule has 80 valence electrons. The van der Waals surface area contributed by atoms with Crippen LogP contribution in [0.5, 0.6) is 0 Å². The van der Waals surface area contributed by atoms with E-state index >= 15 is 0 Å². The van der Waals surface area contributed by atoms with Gasteiger partial charge in [-0.2, -0.15) is 0 Å². The standard InChI is InChI=1S/C12H21NO/c1-9(2)12(14)13-7-10-5-3-4-6-11(10)8-13/h9-11H,3-8H2,1-2H3. The number of fused-ring (bicyclic) bond motifs is 1. The Bertz CT molecular complexity index is 210. The lowest BCUT2D eigenvalue weighted by atomic mass is 9.82. The van der Waals surface area contributed by atoms with Gasteiger partial charge >= 0.3 is 0 Å². The molecular formula is C12H21NO. The fraction of sp³-hybridized carbons (Fsp3) is 0.917. The highest BCUT2D eigenvalue weighted by Gasteiger charge is 2.36. The van der Waals surface area contributed by atoms with Crippen LogP contribution in [0.25, 0.3) is 0 Å². The van der Waals surface area contributed by atoms with Crippen molar-refractivity contribution in [2.75, 3.05) is 13.1 Å². The normalized spacial score (nSPS) is 32.1. The van der Waals surface area contributed by atoms with Crippen molar-refractivity contribution in [2.24, 2.45) is 17.8 Å². The van der Waals surface area contributed by atoms with Crippen LogP contribution in [0.4, 0.5) is 0 Å². The molecule has 2 atom stereocenters. The van der Waals surface area contributed by atoms with E-state index in [0.717, 1.165) is 24.9 Å². The lowest BCUT2D eigenvalue weighted by Crippen LogP contribution is -2.32. The minimum atomic E-state index is 0.176. The average molecular weight is 195 g/mol. The molecular weight excluding hydrogens is 174 g/mol. The highest BCUT2D eigenvalue weighted by atomic mass is 16.2. The predicted molar refractivity (Wildman–Crippen MR) is 56.9 cm³/mol. The van der Waals surface area contributed by atoms with Crippen molar-refractivity contribution in [1.29, 1.82) is 0 Å². The van der Waals surface area contributed by atoms with E-state index in [4.69, 9.17) is 0 Å². The summed E-state index contributed by atoms with van der Waals surface area (Å²) >= 11 is 0. The summed E-state index contributed by atoms with van der Waals surface area (Å²) in [5.74, 6) is 2.19. The van der Waals surface area contributed by atoms with Crippen molar-refractivity contribution < 1.29 is 4.79 Å². The van der Waals surface area contributed by atoms with Gasteiger partial charge in [0.05, 0.1) is 0 Å². The molecule has 0 N–H and O–H groups in total. The summed E-state index contributed by atoms with van der Waals surface area (Å²) in [5, 5.41) is 0. The molecule has 1 amide bonds. The Hall–Kier alpha value is -0.530. The second kappa shape index (κ2) is 3.92. The molecule has 2 unspecified atom stereocenters. The number of likely N-dealkylation sites (tertiary alicyclic amines) is 1. The van der Waals surface area contributed by atoms with Crippen molar-refractivity contribution in [1.82, 2.24) is 4.90 Å². The first-order valence-corrected chi connectivity index (χ1v) is 5.97. The Labute approximate surface area is 86.7 Å². The molecule has 1 saturated heterocycles. The molecule has 0 bridgehead atoms. The van der Waals surface area contributed by atoms with Crippen LogP contribution in [-0.4, -0.2) is 23.9 Å². The molecule has 0 aromatic carbocycles. The van der Waals surface area contributed by atoms with Gasteiger partial charge < -0.3 is 4.90 Å². The molecule has 1 saturated carbocycles. The van der Waals surface area contributed by atoms with E-state index in [-0.39, 0.29) is 5.92 Å². The summed E-state index contributed by atoms with van der Waals surface area (Å²) in [4.78, 5) is 13.9. The molecule has 14 heavy (non-hydrogen) atoms. The third-order valence-corrected chi connectivity index (χ3v) is 3.78. The van der Waals surface area contributed by atoms with Crippen LogP contribution in [-0.2, 0) is 4.79 Å². The van der Waals surface area contributed by atoms with Crippen LogP contribution in [0.2, 0.25) is 0 Å². The van der Waals surface area contributed by atoms with Gasteiger partial charge in [-0.1, -0.05) is 26.7 Å². The topological polar surface area (TPSA) is 20.3 Å². The fourth-order valence-electron chi connectivity index (χ4n) is 2.95. The Morgan fingerprint density at radius 1 is 1.14 bits per heavy atom. The minimum Gasteiger partial charge on any atom is -0.342 e. The maximum absolute atomic E-state index is 11.8. The highest BCUT2D eigenvalue weighted by Crippen LogP contribution is 2.36. The molecule has 0 spiro atoms. The van der Waals surface area contributed by atoms with Crippen LogP contribution >= 0.6 is 0 Å². The first kappa shape index (κ1) is 10.0. The lowest BCUT2D eigenvalue weighted by Gasteiger charge is -2.22. The van der Waals surface area contributed by atoms with E-state index in [1.807, 2.05) is 13.8 Å². The molecule has 2 nitrogen and oxygen atoms in total. The summed E-state index contributed by atoms with van der Waals surface area (Å²) in [6.45, 7) is 6.10. The molecule has 2 rings (SSSR count). The third-order valence-electron chi connectivity index (χ3n) is 3.78. The summed E-state index contributed by atoms with van der Waals surface area (Å²) in [5.41, 5.74) is 0. The van der Waals surface area contributed by atoms with Crippen LogP contribution in [0.1, 0.15) is 39.5 Å². The van der Waals surface area contributed by atoms with Crippen molar-refractivity contribution >= 4 is 5.91 Å². The number of amides is 1. The van der Waals surface area contributed by atoms with E-state index in [0.29, 0.717) is 5.91 Å². The van der Waals surface area contributed by atoms with E-state index in [9.17, 15) is 4.79 Å². The first-order chi connectivity index (χ1) is 6.68. The van der Waals surface area contributed by atoms with Gasteiger partial charge in [-0.3, -0.25) is 4.79 Å². The summed E-state index contributed by atoms with van der Waals surface area (Å²) in [6.07, 6.45) is 5.47. The van der Waals surface area contributed by atoms with Crippen molar-refractivity contribution in [2.45, 2.75) is 39.5 Å². The zero-order valence-electron chi connectivity index (χ0n) is 9.33. The highest BCUT2D eigenvalue weighted by molar-refractivity contribution is 5.78. The van der Waals surface area contributed by atoms with Crippen LogP contribution in [0.15, 0.2) is 0 Å². The summed E-state index contributed by atoms with van der Waals surface area (Å²) < 4.78 is 0.